The van der Waals surface area contributed by atoms with Crippen molar-refractivity contribution in [3.8, 4) is 0 Å². The molecule has 1 rings (SSSR count). The summed E-state index contributed by atoms with van der Waals surface area (Å²) in [5.41, 5.74) is 0. The highest BCUT2D eigenvalue weighted by Gasteiger charge is 2.28. The third kappa shape index (κ3) is 4.52. The fourth-order valence-electron chi connectivity index (χ4n) is 0.904. The van der Waals surface area contributed by atoms with E-state index in [0.29, 0.717) is 0 Å². The molecule has 4 nitrogen and oxygen atoms in total. The second-order valence-corrected chi connectivity index (χ2v) is 6.55. The Morgan fingerprint density at radius 3 is 2.69 bits per heavy atom. The Morgan fingerprint density at radius 2 is 2.23 bits per heavy atom. The van der Waals surface area contributed by atoms with Crippen molar-refractivity contribution in [2.24, 2.45) is 0 Å². The molecule has 0 spiro atoms. The minimum absolute atomic E-state index is 0.0241. The summed E-state index contributed by atoms with van der Waals surface area (Å²) >= 11 is 1.66. The SMILES string of the molecule is CNC(=O)CCS(=O)(=O)CC1CS1. The van der Waals surface area contributed by atoms with Gasteiger partial charge in [-0.1, -0.05) is 0 Å². The number of rotatable bonds is 5. The molecule has 1 atom stereocenters. The van der Waals surface area contributed by atoms with E-state index in [-0.39, 0.29) is 29.1 Å². The first-order valence-electron chi connectivity index (χ1n) is 4.06. The number of carbonyl (C=O) groups is 1. The zero-order valence-corrected chi connectivity index (χ0v) is 9.08. The van der Waals surface area contributed by atoms with Crippen molar-refractivity contribution < 1.29 is 13.2 Å². The lowest BCUT2D eigenvalue weighted by molar-refractivity contribution is -0.120. The Hall–Kier alpha value is -0.230. The maximum Gasteiger partial charge on any atom is 0.220 e. The van der Waals surface area contributed by atoms with Crippen LogP contribution in [0.4, 0.5) is 0 Å². The average molecular weight is 223 g/mol. The third-order valence-electron chi connectivity index (χ3n) is 1.76. The fourth-order valence-corrected chi connectivity index (χ4v) is 3.66. The molecule has 1 amide bonds. The van der Waals surface area contributed by atoms with Gasteiger partial charge in [0.1, 0.15) is 0 Å². The molecule has 1 heterocycles. The summed E-state index contributed by atoms with van der Waals surface area (Å²) in [6, 6.07) is 0. The maximum absolute atomic E-state index is 11.3. The monoisotopic (exact) mass is 223 g/mol. The highest BCUT2D eigenvalue weighted by Crippen LogP contribution is 2.31. The first-order chi connectivity index (χ1) is 6.03. The Morgan fingerprint density at radius 1 is 1.62 bits per heavy atom. The number of thioether (sulfide) groups is 1. The summed E-state index contributed by atoms with van der Waals surface area (Å²) in [7, 11) is -1.50. The quantitative estimate of drug-likeness (QED) is 0.647. The van der Waals surface area contributed by atoms with Crippen molar-refractivity contribution in [2.45, 2.75) is 11.7 Å². The molecule has 0 radical (unpaired) electrons. The molecule has 0 bridgehead atoms. The second-order valence-electron chi connectivity index (χ2n) is 2.99. The van der Waals surface area contributed by atoms with Crippen LogP contribution in [0.15, 0.2) is 0 Å². The standard InChI is InChI=1S/C7H13NO3S2/c1-8-7(9)2-3-13(10,11)5-6-4-12-6/h6H,2-5H2,1H3,(H,8,9). The van der Waals surface area contributed by atoms with E-state index >= 15 is 0 Å². The smallest absolute Gasteiger partial charge is 0.220 e. The summed E-state index contributed by atoms with van der Waals surface area (Å²) < 4.78 is 22.6. The largest absolute Gasteiger partial charge is 0.359 e. The zero-order chi connectivity index (χ0) is 9.90. The molecular formula is C7H13NO3S2. The minimum atomic E-state index is -3.01. The predicted molar refractivity (Wildman–Crippen MR) is 53.6 cm³/mol. The highest BCUT2D eigenvalue weighted by molar-refractivity contribution is 8.08. The summed E-state index contributed by atoms with van der Waals surface area (Å²) in [6.07, 6.45) is 0.0796. The van der Waals surface area contributed by atoms with Gasteiger partial charge < -0.3 is 5.32 Å². The molecule has 76 valence electrons. The summed E-state index contributed by atoms with van der Waals surface area (Å²) in [5, 5.41) is 2.68. The van der Waals surface area contributed by atoms with Gasteiger partial charge in [-0.2, -0.15) is 11.8 Å². The Labute approximate surface area is 82.4 Å². The topological polar surface area (TPSA) is 63.2 Å². The van der Waals surface area contributed by atoms with E-state index in [1.807, 2.05) is 0 Å². The van der Waals surface area contributed by atoms with Crippen LogP contribution in [0, 0.1) is 0 Å². The van der Waals surface area contributed by atoms with Gasteiger partial charge in [-0.05, 0) is 0 Å². The van der Waals surface area contributed by atoms with Crippen molar-refractivity contribution in [3.05, 3.63) is 0 Å². The van der Waals surface area contributed by atoms with E-state index in [9.17, 15) is 13.2 Å². The lowest BCUT2D eigenvalue weighted by Gasteiger charge is -2.01. The van der Waals surface area contributed by atoms with Gasteiger partial charge in [0.15, 0.2) is 9.84 Å². The molecule has 1 aliphatic rings. The lowest BCUT2D eigenvalue weighted by Crippen LogP contribution is -2.23. The highest BCUT2D eigenvalue weighted by atomic mass is 32.2. The Bertz CT molecular complexity index is 282. The molecule has 6 heteroatoms. The van der Waals surface area contributed by atoms with Gasteiger partial charge in [0.25, 0.3) is 0 Å². The van der Waals surface area contributed by atoms with Crippen LogP contribution in [0.2, 0.25) is 0 Å². The van der Waals surface area contributed by atoms with Crippen molar-refractivity contribution in [2.75, 3.05) is 24.3 Å². The van der Waals surface area contributed by atoms with Crippen LogP contribution in [-0.2, 0) is 14.6 Å². The molecule has 1 N–H and O–H groups in total. The molecule has 0 aliphatic carbocycles. The Kier molecular flexibility index (Phi) is 3.61. The van der Waals surface area contributed by atoms with Crippen LogP contribution < -0.4 is 5.32 Å². The van der Waals surface area contributed by atoms with Gasteiger partial charge >= 0.3 is 0 Å². The third-order valence-corrected chi connectivity index (χ3v) is 4.68. The molecule has 0 aromatic heterocycles. The minimum Gasteiger partial charge on any atom is -0.359 e. The van der Waals surface area contributed by atoms with E-state index < -0.39 is 9.84 Å². The van der Waals surface area contributed by atoms with E-state index in [4.69, 9.17) is 0 Å². The fraction of sp³-hybridized carbons (Fsp3) is 0.857. The molecule has 1 fully saturated rings. The maximum atomic E-state index is 11.3. The summed E-state index contributed by atoms with van der Waals surface area (Å²) in [6.45, 7) is 0. The predicted octanol–water partition coefficient (Wildman–Crippen LogP) is -0.347. The van der Waals surface area contributed by atoms with Crippen LogP contribution in [0.5, 0.6) is 0 Å². The molecule has 0 aromatic carbocycles. The average Bonchev–Trinajstić information content (AvgIpc) is 2.83. The van der Waals surface area contributed by atoms with Crippen molar-refractivity contribution in [1.82, 2.24) is 5.32 Å². The number of amides is 1. The Balaban J connectivity index is 2.28. The van der Waals surface area contributed by atoms with Crippen molar-refractivity contribution in [1.29, 1.82) is 0 Å². The van der Waals surface area contributed by atoms with Gasteiger partial charge in [-0.15, -0.1) is 0 Å². The number of sulfone groups is 1. The van der Waals surface area contributed by atoms with Crippen molar-refractivity contribution in [3.63, 3.8) is 0 Å². The molecule has 0 saturated carbocycles. The molecular weight excluding hydrogens is 210 g/mol. The van der Waals surface area contributed by atoms with Crippen molar-refractivity contribution >= 4 is 27.5 Å². The van der Waals surface area contributed by atoms with Crippen LogP contribution in [-0.4, -0.2) is 43.9 Å². The molecule has 1 aliphatic heterocycles. The van der Waals surface area contributed by atoms with E-state index in [0.717, 1.165) is 5.75 Å². The molecule has 1 unspecified atom stereocenters. The normalized spacial score (nSPS) is 21.2. The van der Waals surface area contributed by atoms with Crippen LogP contribution >= 0.6 is 11.8 Å². The van der Waals surface area contributed by atoms with E-state index in [1.54, 1.807) is 11.8 Å². The molecule has 13 heavy (non-hydrogen) atoms. The summed E-state index contributed by atoms with van der Waals surface area (Å²) in [5.74, 6) is 0.935. The number of nitrogens with one attached hydrogen (secondary N) is 1. The van der Waals surface area contributed by atoms with Gasteiger partial charge in [-0.25, -0.2) is 8.42 Å². The summed E-state index contributed by atoms with van der Waals surface area (Å²) in [4.78, 5) is 10.8. The van der Waals surface area contributed by atoms with Crippen LogP contribution in [0.3, 0.4) is 0 Å². The van der Waals surface area contributed by atoms with E-state index in [2.05, 4.69) is 5.32 Å². The number of hydrogen-bond acceptors (Lipinski definition) is 4. The molecule has 0 aromatic rings. The zero-order valence-electron chi connectivity index (χ0n) is 7.45. The van der Waals surface area contributed by atoms with Gasteiger partial charge in [0.05, 0.1) is 11.5 Å². The van der Waals surface area contributed by atoms with Gasteiger partial charge in [-0.3, -0.25) is 4.79 Å². The van der Waals surface area contributed by atoms with Gasteiger partial charge in [0, 0.05) is 24.5 Å². The van der Waals surface area contributed by atoms with Gasteiger partial charge in [0.2, 0.25) is 5.91 Å². The molecule has 1 saturated heterocycles. The second kappa shape index (κ2) is 4.32. The van der Waals surface area contributed by atoms with Crippen LogP contribution in [0.1, 0.15) is 6.42 Å². The first-order valence-corrected chi connectivity index (χ1v) is 6.93. The number of hydrogen-bond donors (Lipinski definition) is 1. The van der Waals surface area contributed by atoms with E-state index in [1.165, 1.54) is 7.05 Å². The number of carbonyl (C=O) groups excluding carboxylic acids is 1. The lowest BCUT2D eigenvalue weighted by atomic mass is 10.5. The first kappa shape index (κ1) is 10.8. The van der Waals surface area contributed by atoms with Crippen LogP contribution in [0.25, 0.3) is 0 Å².